The van der Waals surface area contributed by atoms with Gasteiger partial charge in [-0.3, -0.25) is 14.6 Å². The minimum Gasteiger partial charge on any atom is -0.491 e. The lowest BCUT2D eigenvalue weighted by atomic mass is 9.97. The van der Waals surface area contributed by atoms with Crippen molar-refractivity contribution < 1.29 is 14.3 Å². The molecule has 6 heteroatoms. The summed E-state index contributed by atoms with van der Waals surface area (Å²) >= 11 is 0. The van der Waals surface area contributed by atoms with E-state index in [-0.39, 0.29) is 11.8 Å². The van der Waals surface area contributed by atoms with Gasteiger partial charge in [0.15, 0.2) is 0 Å². The molecule has 2 amide bonds. The highest BCUT2D eigenvalue weighted by molar-refractivity contribution is 5.94. The lowest BCUT2D eigenvalue weighted by molar-refractivity contribution is -0.132. The van der Waals surface area contributed by atoms with Crippen LogP contribution in [0.1, 0.15) is 53.6 Å². The Morgan fingerprint density at radius 3 is 2.64 bits per heavy atom. The van der Waals surface area contributed by atoms with Gasteiger partial charge in [-0.05, 0) is 77.4 Å². The molecule has 5 rings (SSSR count). The van der Waals surface area contributed by atoms with E-state index in [1.54, 1.807) is 12.4 Å². The quantitative estimate of drug-likeness (QED) is 0.577. The fourth-order valence-corrected chi connectivity index (χ4v) is 5.25. The molecule has 36 heavy (non-hydrogen) atoms. The van der Waals surface area contributed by atoms with Gasteiger partial charge in [0.25, 0.3) is 5.91 Å². The Bertz CT molecular complexity index is 1210. The summed E-state index contributed by atoms with van der Waals surface area (Å²) in [6.07, 6.45) is 9.51. The van der Waals surface area contributed by atoms with Crippen LogP contribution in [-0.2, 0) is 11.2 Å². The lowest BCUT2D eigenvalue weighted by Gasteiger charge is -2.25. The van der Waals surface area contributed by atoms with Crippen molar-refractivity contribution in [2.45, 2.75) is 38.5 Å². The highest BCUT2D eigenvalue weighted by Crippen LogP contribution is 2.30. The summed E-state index contributed by atoms with van der Waals surface area (Å²) in [5.41, 5.74) is 4.89. The molecular formula is C30H33N3O3. The first-order valence-corrected chi connectivity index (χ1v) is 13.0. The van der Waals surface area contributed by atoms with Crippen molar-refractivity contribution in [2.75, 3.05) is 26.2 Å². The molecule has 1 saturated carbocycles. The molecule has 1 aliphatic carbocycles. The predicted molar refractivity (Wildman–Crippen MR) is 140 cm³/mol. The van der Waals surface area contributed by atoms with E-state index in [0.29, 0.717) is 50.6 Å². The largest absolute Gasteiger partial charge is 0.491 e. The molecule has 1 aliphatic heterocycles. The van der Waals surface area contributed by atoms with Gasteiger partial charge in [0.05, 0.1) is 6.54 Å². The summed E-state index contributed by atoms with van der Waals surface area (Å²) in [7, 11) is 0. The van der Waals surface area contributed by atoms with Gasteiger partial charge in [-0.25, -0.2) is 0 Å². The number of pyridine rings is 1. The van der Waals surface area contributed by atoms with Crippen molar-refractivity contribution in [3.8, 4) is 16.9 Å². The maximum Gasteiger partial charge on any atom is 0.251 e. The molecule has 186 valence electrons. The molecule has 1 fully saturated rings. The maximum atomic E-state index is 13.1. The summed E-state index contributed by atoms with van der Waals surface area (Å²) in [6, 6.07) is 17.9. The Balaban J connectivity index is 1.42. The standard InChI is InChI=1S/C30H33N3O3/c34-29(20-22-4-1-2-5-22)33-15-14-32-30(35)26-7-3-6-23(18-26)19-27-21-25(24-10-12-31-13-11-24)8-9-28(27)36-17-16-33/h3,6-13,18,21-22H,1-2,4-5,14-17,19-20H2,(H,32,35). The van der Waals surface area contributed by atoms with Gasteiger partial charge in [0.2, 0.25) is 5.91 Å². The van der Waals surface area contributed by atoms with Gasteiger partial charge >= 0.3 is 0 Å². The fourth-order valence-electron chi connectivity index (χ4n) is 5.25. The summed E-state index contributed by atoms with van der Waals surface area (Å²) in [6.45, 7) is 1.81. The molecule has 2 bridgehead atoms. The monoisotopic (exact) mass is 483 g/mol. The average Bonchev–Trinajstić information content (AvgIpc) is 3.41. The maximum absolute atomic E-state index is 13.1. The molecule has 6 nitrogen and oxygen atoms in total. The summed E-state index contributed by atoms with van der Waals surface area (Å²) in [4.78, 5) is 31.9. The molecule has 1 N–H and O–H groups in total. The van der Waals surface area contributed by atoms with Crippen molar-refractivity contribution in [1.29, 1.82) is 0 Å². The lowest BCUT2D eigenvalue weighted by Crippen LogP contribution is -2.41. The number of aromatic nitrogens is 1. The molecule has 0 atom stereocenters. The van der Waals surface area contributed by atoms with Gasteiger partial charge in [-0.2, -0.15) is 0 Å². The zero-order valence-electron chi connectivity index (χ0n) is 20.6. The molecule has 2 aromatic carbocycles. The van der Waals surface area contributed by atoms with E-state index >= 15 is 0 Å². The highest BCUT2D eigenvalue weighted by atomic mass is 16.5. The topological polar surface area (TPSA) is 71.5 Å². The third kappa shape index (κ3) is 5.93. The van der Waals surface area contributed by atoms with Crippen LogP contribution in [0.15, 0.2) is 67.0 Å². The number of ether oxygens (including phenoxy) is 1. The zero-order valence-corrected chi connectivity index (χ0v) is 20.6. The second-order valence-electron chi connectivity index (χ2n) is 9.78. The van der Waals surface area contributed by atoms with Crippen molar-refractivity contribution >= 4 is 11.8 Å². The minimum absolute atomic E-state index is 0.112. The molecule has 3 aromatic rings. The number of amides is 2. The van der Waals surface area contributed by atoms with Crippen LogP contribution < -0.4 is 10.1 Å². The van der Waals surface area contributed by atoms with Gasteiger partial charge < -0.3 is 15.0 Å². The first-order valence-electron chi connectivity index (χ1n) is 13.0. The van der Waals surface area contributed by atoms with Crippen LogP contribution in [0.3, 0.4) is 0 Å². The molecule has 0 saturated heterocycles. The second kappa shape index (κ2) is 11.4. The summed E-state index contributed by atoms with van der Waals surface area (Å²) in [5, 5.41) is 2.99. The number of fused-ring (bicyclic) bond motifs is 3. The molecule has 0 unspecified atom stereocenters. The minimum atomic E-state index is -0.112. The van der Waals surface area contributed by atoms with E-state index in [0.717, 1.165) is 40.8 Å². The zero-order chi connectivity index (χ0) is 24.7. The smallest absolute Gasteiger partial charge is 0.251 e. The van der Waals surface area contributed by atoms with Gasteiger partial charge in [-0.1, -0.05) is 31.0 Å². The van der Waals surface area contributed by atoms with Crippen molar-refractivity contribution in [3.05, 3.63) is 83.7 Å². The van der Waals surface area contributed by atoms with Crippen LogP contribution >= 0.6 is 0 Å². The van der Waals surface area contributed by atoms with Crippen LogP contribution in [-0.4, -0.2) is 47.9 Å². The molecule has 2 heterocycles. The number of rotatable bonds is 3. The Hall–Kier alpha value is -3.67. The number of hydrogen-bond acceptors (Lipinski definition) is 4. The first kappa shape index (κ1) is 24.0. The van der Waals surface area contributed by atoms with Gasteiger partial charge in [-0.15, -0.1) is 0 Å². The third-order valence-corrected chi connectivity index (χ3v) is 7.23. The predicted octanol–water partition coefficient (Wildman–Crippen LogP) is 4.87. The number of benzene rings is 2. The van der Waals surface area contributed by atoms with Crippen LogP contribution in [0.5, 0.6) is 5.75 Å². The van der Waals surface area contributed by atoms with Crippen molar-refractivity contribution in [2.24, 2.45) is 5.92 Å². The van der Waals surface area contributed by atoms with Crippen LogP contribution in [0.4, 0.5) is 0 Å². The van der Waals surface area contributed by atoms with E-state index in [2.05, 4.69) is 22.4 Å². The Morgan fingerprint density at radius 2 is 1.81 bits per heavy atom. The normalized spacial score (nSPS) is 17.0. The van der Waals surface area contributed by atoms with E-state index in [9.17, 15) is 9.59 Å². The van der Waals surface area contributed by atoms with E-state index in [4.69, 9.17) is 4.74 Å². The van der Waals surface area contributed by atoms with Crippen LogP contribution in [0.25, 0.3) is 11.1 Å². The first-order chi connectivity index (χ1) is 17.7. The van der Waals surface area contributed by atoms with Crippen LogP contribution in [0, 0.1) is 5.92 Å². The molecule has 2 aliphatic rings. The Morgan fingerprint density at radius 1 is 0.972 bits per heavy atom. The Labute approximate surface area is 212 Å². The van der Waals surface area contributed by atoms with E-state index in [1.165, 1.54) is 12.8 Å². The van der Waals surface area contributed by atoms with Crippen molar-refractivity contribution in [3.63, 3.8) is 0 Å². The van der Waals surface area contributed by atoms with Gasteiger partial charge in [0.1, 0.15) is 12.4 Å². The molecule has 0 spiro atoms. The van der Waals surface area contributed by atoms with Gasteiger partial charge in [0, 0.05) is 43.9 Å². The number of carbonyl (C=O) groups excluding carboxylic acids is 2. The number of carbonyl (C=O) groups is 2. The summed E-state index contributed by atoms with van der Waals surface area (Å²) < 4.78 is 6.27. The third-order valence-electron chi connectivity index (χ3n) is 7.23. The van der Waals surface area contributed by atoms with Crippen molar-refractivity contribution in [1.82, 2.24) is 15.2 Å². The summed E-state index contributed by atoms with van der Waals surface area (Å²) in [5.74, 6) is 1.33. The fraction of sp³-hybridized carbons (Fsp3) is 0.367. The molecule has 0 radical (unpaired) electrons. The Kier molecular flexibility index (Phi) is 7.60. The molecule has 1 aromatic heterocycles. The van der Waals surface area contributed by atoms with E-state index in [1.807, 2.05) is 47.4 Å². The highest BCUT2D eigenvalue weighted by Gasteiger charge is 2.22. The second-order valence-corrected chi connectivity index (χ2v) is 9.78. The average molecular weight is 484 g/mol. The SMILES string of the molecule is O=C1NCCN(C(=O)CC2CCCC2)CCOc2ccc(-c3ccncc3)cc2Cc2cccc1c2. The van der Waals surface area contributed by atoms with E-state index < -0.39 is 0 Å². The number of hydrogen-bond donors (Lipinski definition) is 1. The molecular weight excluding hydrogens is 450 g/mol. The number of nitrogens with zero attached hydrogens (tertiary/aromatic N) is 2. The van der Waals surface area contributed by atoms with Crippen LogP contribution in [0.2, 0.25) is 0 Å². The number of nitrogens with one attached hydrogen (secondary N) is 1.